The van der Waals surface area contributed by atoms with E-state index in [4.69, 9.17) is 10.2 Å². The predicted octanol–water partition coefficient (Wildman–Crippen LogP) is 3.45. The van der Waals surface area contributed by atoms with Gasteiger partial charge in [-0.2, -0.15) is 0 Å². The number of carboxylic acids is 2. The molecule has 1 heterocycles. The van der Waals surface area contributed by atoms with Crippen molar-refractivity contribution in [1.29, 1.82) is 0 Å². The van der Waals surface area contributed by atoms with E-state index < -0.39 is 11.9 Å². The van der Waals surface area contributed by atoms with Crippen LogP contribution in [0.3, 0.4) is 0 Å². The smallest absolute Gasteiger partial charge is 0.328 e. The van der Waals surface area contributed by atoms with E-state index >= 15 is 0 Å². The lowest BCUT2D eigenvalue weighted by Gasteiger charge is -2.34. The molecule has 1 aromatic rings. The molecule has 3 N–H and O–H groups in total. The molecule has 160 valence electrons. The summed E-state index contributed by atoms with van der Waals surface area (Å²) in [6, 6.07) is 9.65. The summed E-state index contributed by atoms with van der Waals surface area (Å²) in [5.74, 6) is -1.58. The van der Waals surface area contributed by atoms with Crippen LogP contribution in [-0.4, -0.2) is 52.7 Å². The van der Waals surface area contributed by atoms with E-state index in [1.807, 2.05) is 0 Å². The molecule has 0 bridgehead atoms. The molecular formula is C23H34N2O4. The summed E-state index contributed by atoms with van der Waals surface area (Å²) in [6.07, 6.45) is 9.69. The molecule has 2 fully saturated rings. The molecule has 0 aromatic heterocycles. The van der Waals surface area contributed by atoms with Crippen LogP contribution in [0.1, 0.15) is 49.7 Å². The van der Waals surface area contributed by atoms with E-state index in [1.165, 1.54) is 69.3 Å². The van der Waals surface area contributed by atoms with Crippen LogP contribution >= 0.6 is 0 Å². The zero-order chi connectivity index (χ0) is 21.1. The monoisotopic (exact) mass is 402 g/mol. The highest BCUT2D eigenvalue weighted by molar-refractivity contribution is 5.89. The summed E-state index contributed by atoms with van der Waals surface area (Å²) in [4.78, 5) is 21.9. The van der Waals surface area contributed by atoms with Crippen LogP contribution in [0, 0.1) is 12.8 Å². The number of nitrogens with one attached hydrogen (secondary N) is 1. The van der Waals surface area contributed by atoms with Crippen LogP contribution in [0.15, 0.2) is 36.4 Å². The van der Waals surface area contributed by atoms with Crippen molar-refractivity contribution in [3.05, 3.63) is 47.5 Å². The summed E-state index contributed by atoms with van der Waals surface area (Å²) in [6.45, 7) is 7.06. The van der Waals surface area contributed by atoms with Crippen molar-refractivity contribution in [2.24, 2.45) is 5.92 Å². The molecule has 1 atom stereocenters. The summed E-state index contributed by atoms with van der Waals surface area (Å²) in [7, 11) is 0. The molecule has 29 heavy (non-hydrogen) atoms. The predicted molar refractivity (Wildman–Crippen MR) is 114 cm³/mol. The van der Waals surface area contributed by atoms with Crippen LogP contribution in [-0.2, 0) is 16.1 Å². The topological polar surface area (TPSA) is 89.9 Å². The zero-order valence-corrected chi connectivity index (χ0v) is 17.3. The minimum absolute atomic E-state index is 0.558. The fourth-order valence-electron chi connectivity index (χ4n) is 4.14. The summed E-state index contributed by atoms with van der Waals surface area (Å²) < 4.78 is 0. The Balaban J connectivity index is 0.000000321. The van der Waals surface area contributed by atoms with E-state index in [0.29, 0.717) is 12.2 Å². The normalized spacial score (nSPS) is 19.9. The fourth-order valence-corrected chi connectivity index (χ4v) is 4.14. The molecule has 6 heteroatoms. The SMILES string of the molecule is Cc1ccccc1CN(CC1CCCCC1)[C@H]1CCNC1.O=C(O)C=CC(=O)O. The van der Waals surface area contributed by atoms with Gasteiger partial charge in [-0.15, -0.1) is 0 Å². The van der Waals surface area contributed by atoms with Crippen molar-refractivity contribution < 1.29 is 19.8 Å². The van der Waals surface area contributed by atoms with Gasteiger partial charge in [0.15, 0.2) is 0 Å². The lowest BCUT2D eigenvalue weighted by Crippen LogP contribution is -2.40. The quantitative estimate of drug-likeness (QED) is 0.605. The van der Waals surface area contributed by atoms with Crippen molar-refractivity contribution in [1.82, 2.24) is 10.2 Å². The maximum absolute atomic E-state index is 9.55. The first-order chi connectivity index (χ1) is 14.0. The molecule has 3 rings (SSSR count). The highest BCUT2D eigenvalue weighted by Gasteiger charge is 2.26. The van der Waals surface area contributed by atoms with E-state index in [1.54, 1.807) is 0 Å². The van der Waals surface area contributed by atoms with Gasteiger partial charge in [-0.25, -0.2) is 9.59 Å². The van der Waals surface area contributed by atoms with Crippen LogP contribution in [0.5, 0.6) is 0 Å². The van der Waals surface area contributed by atoms with E-state index in [0.717, 1.165) is 18.5 Å². The molecule has 0 spiro atoms. The number of aryl methyl sites for hydroxylation is 1. The van der Waals surface area contributed by atoms with Gasteiger partial charge in [-0.1, -0.05) is 43.5 Å². The van der Waals surface area contributed by atoms with E-state index in [2.05, 4.69) is 41.4 Å². The minimum Gasteiger partial charge on any atom is -0.478 e. The molecule has 1 aromatic carbocycles. The van der Waals surface area contributed by atoms with Crippen molar-refractivity contribution in [2.45, 2.75) is 58.0 Å². The number of hydrogen-bond donors (Lipinski definition) is 3. The molecular weight excluding hydrogens is 368 g/mol. The Kier molecular flexibility index (Phi) is 9.88. The Morgan fingerprint density at radius 2 is 1.72 bits per heavy atom. The van der Waals surface area contributed by atoms with Gasteiger partial charge in [0.1, 0.15) is 0 Å². The zero-order valence-electron chi connectivity index (χ0n) is 17.3. The van der Waals surface area contributed by atoms with Crippen molar-refractivity contribution >= 4 is 11.9 Å². The van der Waals surface area contributed by atoms with E-state index in [-0.39, 0.29) is 0 Å². The van der Waals surface area contributed by atoms with Gasteiger partial charge in [0.25, 0.3) is 0 Å². The number of carbonyl (C=O) groups is 2. The molecule has 1 saturated carbocycles. The molecule has 1 aliphatic carbocycles. The Bertz CT molecular complexity index is 661. The van der Waals surface area contributed by atoms with Gasteiger partial charge in [0.05, 0.1) is 0 Å². The highest BCUT2D eigenvalue weighted by atomic mass is 16.4. The highest BCUT2D eigenvalue weighted by Crippen LogP contribution is 2.27. The molecule has 2 aliphatic rings. The average Bonchev–Trinajstić information content (AvgIpc) is 3.24. The number of benzene rings is 1. The van der Waals surface area contributed by atoms with Gasteiger partial charge >= 0.3 is 11.9 Å². The second-order valence-electron chi connectivity index (χ2n) is 8.02. The minimum atomic E-state index is -1.26. The van der Waals surface area contributed by atoms with Crippen LogP contribution in [0.2, 0.25) is 0 Å². The number of rotatable bonds is 7. The van der Waals surface area contributed by atoms with Gasteiger partial charge in [-0.05, 0) is 49.8 Å². The summed E-state index contributed by atoms with van der Waals surface area (Å²) >= 11 is 0. The first-order valence-corrected chi connectivity index (χ1v) is 10.6. The van der Waals surface area contributed by atoms with Crippen LogP contribution in [0.25, 0.3) is 0 Å². The number of carboxylic acid groups (broad SMARTS) is 2. The third-order valence-electron chi connectivity index (χ3n) is 5.77. The van der Waals surface area contributed by atoms with Gasteiger partial charge in [0.2, 0.25) is 0 Å². The first-order valence-electron chi connectivity index (χ1n) is 10.6. The Morgan fingerprint density at radius 3 is 2.28 bits per heavy atom. The summed E-state index contributed by atoms with van der Waals surface area (Å²) in [5.41, 5.74) is 2.96. The molecule has 6 nitrogen and oxygen atoms in total. The molecule has 1 aliphatic heterocycles. The Hall–Kier alpha value is -2.18. The third kappa shape index (κ3) is 8.79. The largest absolute Gasteiger partial charge is 0.478 e. The molecule has 0 radical (unpaired) electrons. The molecule has 0 unspecified atom stereocenters. The van der Waals surface area contributed by atoms with Crippen LogP contribution in [0.4, 0.5) is 0 Å². The van der Waals surface area contributed by atoms with E-state index in [9.17, 15) is 9.59 Å². The van der Waals surface area contributed by atoms with Gasteiger partial charge in [-0.3, -0.25) is 4.90 Å². The summed E-state index contributed by atoms with van der Waals surface area (Å²) in [5, 5.41) is 19.2. The number of nitrogens with zero attached hydrogens (tertiary/aromatic N) is 1. The number of hydrogen-bond acceptors (Lipinski definition) is 4. The second-order valence-corrected chi connectivity index (χ2v) is 8.02. The Morgan fingerprint density at radius 1 is 1.07 bits per heavy atom. The van der Waals surface area contributed by atoms with Gasteiger partial charge < -0.3 is 15.5 Å². The maximum Gasteiger partial charge on any atom is 0.328 e. The van der Waals surface area contributed by atoms with Crippen molar-refractivity contribution in [2.75, 3.05) is 19.6 Å². The van der Waals surface area contributed by atoms with Crippen LogP contribution < -0.4 is 5.32 Å². The van der Waals surface area contributed by atoms with Crippen molar-refractivity contribution in [3.63, 3.8) is 0 Å². The average molecular weight is 403 g/mol. The molecule has 1 saturated heterocycles. The Labute approximate surface area is 173 Å². The lowest BCUT2D eigenvalue weighted by atomic mass is 9.88. The van der Waals surface area contributed by atoms with Gasteiger partial charge in [0, 0.05) is 37.8 Å². The maximum atomic E-state index is 9.55. The standard InChI is InChI=1S/C19H30N2.C4H4O4/c1-16-7-5-6-10-18(16)15-21(19-11-12-20-13-19)14-17-8-3-2-4-9-17;5-3(6)1-2-4(7)8/h5-7,10,17,19-20H,2-4,8-9,11-15H2,1H3;1-2H,(H,5,6)(H,7,8)/t19-;/m0./s1. The third-order valence-corrected chi connectivity index (χ3v) is 5.77. The fraction of sp³-hybridized carbons (Fsp3) is 0.565. The second kappa shape index (κ2) is 12.4. The van der Waals surface area contributed by atoms with Crippen molar-refractivity contribution in [3.8, 4) is 0 Å². The first kappa shape index (κ1) is 23.1. The lowest BCUT2D eigenvalue weighted by molar-refractivity contribution is -0.134. The molecule has 0 amide bonds. The number of aliphatic carboxylic acids is 2.